The van der Waals surface area contributed by atoms with E-state index in [1.54, 1.807) is 6.07 Å². The Balaban J connectivity index is 1.74. The standard InChI is InChI=1S/C25H28ClIN2O3/c1-14-23-22(16-5-3-15(12-27)4-6-16)19(9-10-25(23,2)24(31)29-14)18-8-7-17(11-20(18)26)32-13-21(28)30/h3-8,11,14,19,22-23H,9-10,12-13H2,1-2H3,(H2,28,30)(H,29,31)/t14-,19+,22+,23+,25-/m1/s1. The maximum Gasteiger partial charge on any atom is 0.255 e. The van der Waals surface area contributed by atoms with Crippen LogP contribution in [0.15, 0.2) is 42.5 Å². The maximum absolute atomic E-state index is 12.9. The lowest BCUT2D eigenvalue weighted by molar-refractivity contribution is -0.129. The molecule has 1 heterocycles. The summed E-state index contributed by atoms with van der Waals surface area (Å²) in [5.74, 6) is 0.642. The fourth-order valence-corrected chi connectivity index (χ4v) is 6.53. The number of carbonyl (C=O) groups is 2. The summed E-state index contributed by atoms with van der Waals surface area (Å²) in [6.07, 6.45) is 1.68. The number of benzene rings is 2. The molecule has 4 rings (SSSR count). The van der Waals surface area contributed by atoms with Gasteiger partial charge >= 0.3 is 0 Å². The minimum absolute atomic E-state index is 0.0847. The van der Waals surface area contributed by atoms with E-state index in [1.807, 2.05) is 12.1 Å². The number of nitrogens with two attached hydrogens (primary N) is 1. The first-order valence-corrected chi connectivity index (χ1v) is 12.8. The third-order valence-corrected chi connectivity index (χ3v) is 8.43. The number of fused-ring (bicyclic) bond motifs is 1. The summed E-state index contributed by atoms with van der Waals surface area (Å²) in [6.45, 7) is 4.04. The molecule has 32 heavy (non-hydrogen) atoms. The molecule has 0 aromatic heterocycles. The molecule has 1 aliphatic heterocycles. The molecule has 2 fully saturated rings. The van der Waals surface area contributed by atoms with Crippen LogP contribution in [0.2, 0.25) is 5.02 Å². The second kappa shape index (κ2) is 9.21. The predicted molar refractivity (Wildman–Crippen MR) is 134 cm³/mol. The van der Waals surface area contributed by atoms with Crippen molar-refractivity contribution < 1.29 is 14.3 Å². The predicted octanol–water partition coefficient (Wildman–Crippen LogP) is 4.94. The first-order valence-electron chi connectivity index (χ1n) is 10.9. The SMILES string of the molecule is C[C@H]1NC(=O)[C@]2(C)CC[C@@H](c3ccc(OCC(N)=O)cc3Cl)[C@H](c3ccc(CI)cc3)[C@H]12. The lowest BCUT2D eigenvalue weighted by atomic mass is 9.56. The molecule has 1 saturated heterocycles. The number of amides is 2. The van der Waals surface area contributed by atoms with Crippen LogP contribution in [0, 0.1) is 11.3 Å². The van der Waals surface area contributed by atoms with Gasteiger partial charge in [0.05, 0.1) is 5.41 Å². The monoisotopic (exact) mass is 566 g/mol. The average molecular weight is 567 g/mol. The van der Waals surface area contributed by atoms with Gasteiger partial charge in [0.1, 0.15) is 5.75 Å². The van der Waals surface area contributed by atoms with Crippen molar-refractivity contribution in [2.45, 2.75) is 49.0 Å². The lowest BCUT2D eigenvalue weighted by Gasteiger charge is -2.46. The van der Waals surface area contributed by atoms with Gasteiger partial charge in [-0.05, 0) is 60.4 Å². The van der Waals surface area contributed by atoms with Crippen LogP contribution in [-0.2, 0) is 14.0 Å². The number of ether oxygens (including phenoxy) is 1. The molecule has 0 radical (unpaired) electrons. The van der Waals surface area contributed by atoms with E-state index in [0.29, 0.717) is 10.8 Å². The summed E-state index contributed by atoms with van der Waals surface area (Å²) in [6, 6.07) is 14.5. The number of alkyl halides is 1. The number of halogens is 2. The van der Waals surface area contributed by atoms with Crippen LogP contribution in [0.4, 0.5) is 0 Å². The highest BCUT2D eigenvalue weighted by atomic mass is 127. The van der Waals surface area contributed by atoms with E-state index in [1.165, 1.54) is 11.1 Å². The summed E-state index contributed by atoms with van der Waals surface area (Å²) in [4.78, 5) is 23.9. The van der Waals surface area contributed by atoms with Crippen LogP contribution >= 0.6 is 34.2 Å². The van der Waals surface area contributed by atoms with Crippen molar-refractivity contribution in [3.05, 3.63) is 64.2 Å². The third kappa shape index (κ3) is 4.23. The van der Waals surface area contributed by atoms with E-state index < -0.39 is 5.91 Å². The molecule has 2 aliphatic rings. The Labute approximate surface area is 207 Å². The van der Waals surface area contributed by atoms with Gasteiger partial charge in [0, 0.05) is 21.4 Å². The van der Waals surface area contributed by atoms with Gasteiger partial charge in [0.25, 0.3) is 5.91 Å². The molecule has 2 aromatic carbocycles. The normalized spacial score (nSPS) is 29.3. The molecule has 7 heteroatoms. The molecule has 5 atom stereocenters. The molecule has 0 bridgehead atoms. The molecule has 1 saturated carbocycles. The van der Waals surface area contributed by atoms with Crippen molar-refractivity contribution in [2.24, 2.45) is 17.1 Å². The van der Waals surface area contributed by atoms with Crippen LogP contribution in [-0.4, -0.2) is 24.5 Å². The molecular formula is C25H28ClIN2O3. The summed E-state index contributed by atoms with van der Waals surface area (Å²) < 4.78 is 6.39. The fourth-order valence-electron chi connectivity index (χ4n) is 5.71. The van der Waals surface area contributed by atoms with Gasteiger partial charge in [0.15, 0.2) is 6.61 Å². The Morgan fingerprint density at radius 2 is 2.00 bits per heavy atom. The van der Waals surface area contributed by atoms with E-state index in [-0.39, 0.29) is 41.7 Å². The highest BCUT2D eigenvalue weighted by Gasteiger charge is 2.57. The molecule has 2 amide bonds. The third-order valence-electron chi connectivity index (χ3n) is 7.22. The highest BCUT2D eigenvalue weighted by Crippen LogP contribution is 2.59. The van der Waals surface area contributed by atoms with Gasteiger partial charge in [-0.15, -0.1) is 0 Å². The van der Waals surface area contributed by atoms with Crippen molar-refractivity contribution in [1.29, 1.82) is 0 Å². The van der Waals surface area contributed by atoms with Crippen molar-refractivity contribution in [1.82, 2.24) is 5.32 Å². The average Bonchev–Trinajstić information content (AvgIpc) is 3.00. The van der Waals surface area contributed by atoms with Gasteiger partial charge in [-0.25, -0.2) is 0 Å². The quantitative estimate of drug-likeness (QED) is 0.384. The van der Waals surface area contributed by atoms with Gasteiger partial charge in [0.2, 0.25) is 5.91 Å². The van der Waals surface area contributed by atoms with Crippen molar-refractivity contribution in [2.75, 3.05) is 6.61 Å². The van der Waals surface area contributed by atoms with Gasteiger partial charge in [-0.2, -0.15) is 0 Å². The first kappa shape index (κ1) is 23.4. The molecular weight excluding hydrogens is 539 g/mol. The van der Waals surface area contributed by atoms with Crippen LogP contribution in [0.25, 0.3) is 0 Å². The Kier molecular flexibility index (Phi) is 6.73. The Bertz CT molecular complexity index is 1030. The molecule has 0 spiro atoms. The molecule has 1 aliphatic carbocycles. The first-order chi connectivity index (χ1) is 15.2. The van der Waals surface area contributed by atoms with E-state index in [2.05, 4.69) is 66.0 Å². The molecule has 2 aromatic rings. The second-order valence-corrected chi connectivity index (χ2v) is 10.4. The van der Waals surface area contributed by atoms with E-state index >= 15 is 0 Å². The Hall–Kier alpha value is -1.80. The molecule has 0 unspecified atom stereocenters. The maximum atomic E-state index is 12.9. The topological polar surface area (TPSA) is 81.4 Å². The van der Waals surface area contributed by atoms with Crippen LogP contribution in [0.3, 0.4) is 0 Å². The molecule has 3 N–H and O–H groups in total. The number of nitrogens with one attached hydrogen (secondary N) is 1. The minimum Gasteiger partial charge on any atom is -0.484 e. The molecule has 170 valence electrons. The molecule has 5 nitrogen and oxygen atoms in total. The smallest absolute Gasteiger partial charge is 0.255 e. The summed E-state index contributed by atoms with van der Waals surface area (Å²) in [5, 5.41) is 3.82. The summed E-state index contributed by atoms with van der Waals surface area (Å²) >= 11 is 9.11. The zero-order valence-corrected chi connectivity index (χ0v) is 21.2. The van der Waals surface area contributed by atoms with Gasteiger partial charge in [-0.3, -0.25) is 9.59 Å². The highest BCUT2D eigenvalue weighted by molar-refractivity contribution is 14.1. The number of hydrogen-bond acceptors (Lipinski definition) is 3. The van der Waals surface area contributed by atoms with Crippen LogP contribution in [0.1, 0.15) is 55.2 Å². The van der Waals surface area contributed by atoms with E-state index in [0.717, 1.165) is 22.8 Å². The van der Waals surface area contributed by atoms with Crippen LogP contribution in [0.5, 0.6) is 5.75 Å². The number of rotatable bonds is 6. The lowest BCUT2D eigenvalue weighted by Crippen LogP contribution is -2.42. The number of primary amides is 1. The van der Waals surface area contributed by atoms with Gasteiger partial charge in [-0.1, -0.05) is 71.4 Å². The van der Waals surface area contributed by atoms with Crippen molar-refractivity contribution in [3.8, 4) is 5.75 Å². The zero-order valence-electron chi connectivity index (χ0n) is 18.2. The van der Waals surface area contributed by atoms with Gasteiger partial charge < -0.3 is 15.8 Å². The zero-order chi connectivity index (χ0) is 23.0. The Morgan fingerprint density at radius 1 is 1.28 bits per heavy atom. The van der Waals surface area contributed by atoms with E-state index in [4.69, 9.17) is 22.1 Å². The fraction of sp³-hybridized carbons (Fsp3) is 0.440. The summed E-state index contributed by atoms with van der Waals surface area (Å²) in [5.41, 5.74) is 8.37. The largest absolute Gasteiger partial charge is 0.484 e. The Morgan fingerprint density at radius 3 is 2.62 bits per heavy atom. The number of carbonyl (C=O) groups excluding carboxylic acids is 2. The van der Waals surface area contributed by atoms with E-state index in [9.17, 15) is 9.59 Å². The summed E-state index contributed by atoms with van der Waals surface area (Å²) in [7, 11) is 0. The van der Waals surface area contributed by atoms with Crippen LogP contribution < -0.4 is 15.8 Å². The number of hydrogen-bond donors (Lipinski definition) is 2. The second-order valence-electron chi connectivity index (χ2n) is 9.19. The minimum atomic E-state index is -0.529. The van der Waals surface area contributed by atoms with Crippen molar-refractivity contribution >= 4 is 46.0 Å². The van der Waals surface area contributed by atoms with Crippen molar-refractivity contribution in [3.63, 3.8) is 0 Å².